The number of amides is 1. The standard InChI is InChI=1S/C15H20N2O2S/c1-10(2)4-6-16-14(18)9-17-7-5-13-12(15(17)19)8-11(3)20-13/h5,7-8,10H,4,6,9H2,1-3H3,(H,16,18). The number of aromatic nitrogens is 1. The average molecular weight is 292 g/mol. The minimum absolute atomic E-state index is 0.0851. The summed E-state index contributed by atoms with van der Waals surface area (Å²) in [6.07, 6.45) is 2.64. The van der Waals surface area contributed by atoms with Crippen molar-refractivity contribution in [2.75, 3.05) is 6.54 Å². The van der Waals surface area contributed by atoms with Gasteiger partial charge in [0, 0.05) is 22.3 Å². The molecule has 0 bridgehead atoms. The summed E-state index contributed by atoms with van der Waals surface area (Å²) in [5, 5.41) is 3.55. The van der Waals surface area contributed by atoms with Crippen molar-refractivity contribution in [2.24, 2.45) is 5.92 Å². The van der Waals surface area contributed by atoms with Crippen LogP contribution in [0.15, 0.2) is 23.1 Å². The lowest BCUT2D eigenvalue weighted by atomic mass is 10.1. The second-order valence-corrected chi connectivity index (χ2v) is 6.70. The highest BCUT2D eigenvalue weighted by Crippen LogP contribution is 2.21. The van der Waals surface area contributed by atoms with Crippen molar-refractivity contribution in [2.45, 2.75) is 33.7 Å². The van der Waals surface area contributed by atoms with Crippen LogP contribution in [0, 0.1) is 12.8 Å². The minimum Gasteiger partial charge on any atom is -0.355 e. The number of thiophene rings is 1. The van der Waals surface area contributed by atoms with Gasteiger partial charge in [-0.3, -0.25) is 9.59 Å². The van der Waals surface area contributed by atoms with E-state index in [1.165, 1.54) is 4.57 Å². The Labute approximate surface area is 122 Å². The van der Waals surface area contributed by atoms with Crippen molar-refractivity contribution in [3.05, 3.63) is 33.6 Å². The third-order valence-electron chi connectivity index (χ3n) is 3.14. The first-order valence-corrected chi connectivity index (χ1v) is 7.65. The van der Waals surface area contributed by atoms with Gasteiger partial charge in [0.05, 0.1) is 5.39 Å². The smallest absolute Gasteiger partial charge is 0.259 e. The Balaban J connectivity index is 2.08. The first kappa shape index (κ1) is 14.8. The number of rotatable bonds is 5. The summed E-state index contributed by atoms with van der Waals surface area (Å²) in [6, 6.07) is 3.78. The number of pyridine rings is 1. The molecule has 0 spiro atoms. The average Bonchev–Trinajstić information content (AvgIpc) is 2.74. The van der Waals surface area contributed by atoms with E-state index in [1.807, 2.05) is 19.1 Å². The molecule has 1 amide bonds. The third-order valence-corrected chi connectivity index (χ3v) is 4.15. The van der Waals surface area contributed by atoms with Gasteiger partial charge in [-0.15, -0.1) is 11.3 Å². The summed E-state index contributed by atoms with van der Waals surface area (Å²) < 4.78 is 2.45. The normalized spacial score (nSPS) is 11.2. The van der Waals surface area contributed by atoms with Gasteiger partial charge in [-0.1, -0.05) is 13.8 Å². The van der Waals surface area contributed by atoms with Crippen LogP contribution in [0.4, 0.5) is 0 Å². The van der Waals surface area contributed by atoms with E-state index in [9.17, 15) is 9.59 Å². The van der Waals surface area contributed by atoms with Crippen LogP contribution in [0.5, 0.6) is 0 Å². The summed E-state index contributed by atoms with van der Waals surface area (Å²) in [6.45, 7) is 6.95. The predicted octanol–water partition coefficient (Wildman–Crippen LogP) is 2.53. The zero-order valence-electron chi connectivity index (χ0n) is 12.1. The Bertz CT molecular complexity index is 670. The van der Waals surface area contributed by atoms with Crippen LogP contribution in [-0.4, -0.2) is 17.0 Å². The number of nitrogens with zero attached hydrogens (tertiary/aromatic N) is 1. The fraction of sp³-hybridized carbons (Fsp3) is 0.467. The summed E-state index contributed by atoms with van der Waals surface area (Å²) in [7, 11) is 0. The Hall–Kier alpha value is -1.62. The van der Waals surface area contributed by atoms with E-state index in [2.05, 4.69) is 19.2 Å². The van der Waals surface area contributed by atoms with E-state index in [1.54, 1.807) is 17.5 Å². The number of hydrogen-bond donors (Lipinski definition) is 1. The number of hydrogen-bond acceptors (Lipinski definition) is 3. The molecule has 108 valence electrons. The minimum atomic E-state index is -0.112. The molecule has 0 aliphatic heterocycles. The van der Waals surface area contributed by atoms with E-state index < -0.39 is 0 Å². The molecular weight excluding hydrogens is 272 g/mol. The van der Waals surface area contributed by atoms with Gasteiger partial charge >= 0.3 is 0 Å². The molecule has 0 atom stereocenters. The summed E-state index contributed by atoms with van der Waals surface area (Å²) in [4.78, 5) is 25.2. The van der Waals surface area contributed by atoms with Crippen molar-refractivity contribution < 1.29 is 4.79 Å². The van der Waals surface area contributed by atoms with Crippen molar-refractivity contribution >= 4 is 27.3 Å². The monoisotopic (exact) mass is 292 g/mol. The molecular formula is C15H20N2O2S. The van der Waals surface area contributed by atoms with Gasteiger partial charge < -0.3 is 9.88 Å². The fourth-order valence-electron chi connectivity index (χ4n) is 2.04. The maximum Gasteiger partial charge on any atom is 0.259 e. The largest absolute Gasteiger partial charge is 0.355 e. The first-order chi connectivity index (χ1) is 9.47. The highest BCUT2D eigenvalue weighted by atomic mass is 32.1. The number of carbonyl (C=O) groups excluding carboxylic acids is 1. The van der Waals surface area contributed by atoms with E-state index in [-0.39, 0.29) is 18.0 Å². The fourth-order valence-corrected chi connectivity index (χ4v) is 2.95. The van der Waals surface area contributed by atoms with E-state index in [0.717, 1.165) is 16.0 Å². The summed E-state index contributed by atoms with van der Waals surface area (Å²) in [5.74, 6) is 0.446. The highest BCUT2D eigenvalue weighted by Gasteiger charge is 2.08. The zero-order chi connectivity index (χ0) is 14.7. The lowest BCUT2D eigenvalue weighted by molar-refractivity contribution is -0.121. The molecule has 2 aromatic rings. The van der Waals surface area contributed by atoms with Crippen molar-refractivity contribution in [3.63, 3.8) is 0 Å². The Morgan fingerprint density at radius 2 is 2.20 bits per heavy atom. The van der Waals surface area contributed by atoms with Crippen LogP contribution in [0.25, 0.3) is 10.1 Å². The molecule has 2 heterocycles. The molecule has 0 aromatic carbocycles. The molecule has 0 unspecified atom stereocenters. The maximum absolute atomic E-state index is 12.2. The van der Waals surface area contributed by atoms with Gasteiger partial charge in [0.25, 0.3) is 5.56 Å². The SMILES string of the molecule is Cc1cc2c(=O)n(CC(=O)NCCC(C)C)ccc2s1. The zero-order valence-corrected chi connectivity index (χ0v) is 12.9. The molecule has 0 aliphatic carbocycles. The molecule has 20 heavy (non-hydrogen) atoms. The Morgan fingerprint density at radius 3 is 2.90 bits per heavy atom. The highest BCUT2D eigenvalue weighted by molar-refractivity contribution is 7.18. The van der Waals surface area contributed by atoms with E-state index in [0.29, 0.717) is 17.8 Å². The van der Waals surface area contributed by atoms with E-state index >= 15 is 0 Å². The van der Waals surface area contributed by atoms with Crippen molar-refractivity contribution in [1.82, 2.24) is 9.88 Å². The number of nitrogens with one attached hydrogen (secondary N) is 1. The van der Waals surface area contributed by atoms with Crippen LogP contribution < -0.4 is 10.9 Å². The lowest BCUT2D eigenvalue weighted by Crippen LogP contribution is -2.32. The summed E-state index contributed by atoms with van der Waals surface area (Å²) >= 11 is 1.60. The predicted molar refractivity (Wildman–Crippen MR) is 83.3 cm³/mol. The molecule has 5 heteroatoms. The van der Waals surface area contributed by atoms with Crippen LogP contribution in [0.3, 0.4) is 0 Å². The van der Waals surface area contributed by atoms with E-state index in [4.69, 9.17) is 0 Å². The molecule has 0 aliphatic rings. The molecule has 2 aromatic heterocycles. The van der Waals surface area contributed by atoms with Crippen LogP contribution in [0.1, 0.15) is 25.1 Å². The lowest BCUT2D eigenvalue weighted by Gasteiger charge is -2.08. The Morgan fingerprint density at radius 1 is 1.45 bits per heavy atom. The molecule has 4 nitrogen and oxygen atoms in total. The molecule has 0 saturated carbocycles. The second kappa shape index (κ2) is 6.22. The van der Waals surface area contributed by atoms with Crippen LogP contribution in [-0.2, 0) is 11.3 Å². The number of fused-ring (bicyclic) bond motifs is 1. The van der Waals surface area contributed by atoms with Crippen molar-refractivity contribution in [1.29, 1.82) is 0 Å². The van der Waals surface area contributed by atoms with Gasteiger partial charge in [0.2, 0.25) is 5.91 Å². The van der Waals surface area contributed by atoms with Gasteiger partial charge in [0.15, 0.2) is 0 Å². The van der Waals surface area contributed by atoms with Gasteiger partial charge in [-0.25, -0.2) is 0 Å². The number of aryl methyl sites for hydroxylation is 1. The van der Waals surface area contributed by atoms with Gasteiger partial charge in [-0.05, 0) is 31.4 Å². The third kappa shape index (κ3) is 3.48. The maximum atomic E-state index is 12.2. The quantitative estimate of drug-likeness (QED) is 0.920. The first-order valence-electron chi connectivity index (χ1n) is 6.83. The van der Waals surface area contributed by atoms with Gasteiger partial charge in [0.1, 0.15) is 6.54 Å². The second-order valence-electron chi connectivity index (χ2n) is 5.42. The Kier molecular flexibility index (Phi) is 4.60. The molecule has 0 radical (unpaired) electrons. The molecule has 0 saturated heterocycles. The van der Waals surface area contributed by atoms with Gasteiger partial charge in [-0.2, -0.15) is 0 Å². The number of carbonyl (C=O) groups is 1. The van der Waals surface area contributed by atoms with Crippen LogP contribution in [0.2, 0.25) is 0 Å². The molecule has 2 rings (SSSR count). The topological polar surface area (TPSA) is 51.1 Å². The molecule has 0 fully saturated rings. The summed E-state index contributed by atoms with van der Waals surface area (Å²) in [5.41, 5.74) is -0.0918. The van der Waals surface area contributed by atoms with Crippen molar-refractivity contribution in [3.8, 4) is 0 Å². The molecule has 1 N–H and O–H groups in total. The van der Waals surface area contributed by atoms with Crippen LogP contribution >= 0.6 is 11.3 Å².